The molecule has 0 aromatic carbocycles. The first kappa shape index (κ1) is 8.02. The van der Waals surface area contributed by atoms with Gasteiger partial charge < -0.3 is 9.84 Å². The second-order valence-corrected chi connectivity index (χ2v) is 4.33. The molecule has 1 heterocycles. The Bertz CT molecular complexity index is 137. The van der Waals surface area contributed by atoms with Gasteiger partial charge in [-0.2, -0.15) is 0 Å². The minimum absolute atomic E-state index is 0.134. The molecule has 0 radical (unpaired) electrons. The van der Waals surface area contributed by atoms with Crippen LogP contribution in [0.2, 0.25) is 0 Å². The van der Waals surface area contributed by atoms with Gasteiger partial charge in [0.1, 0.15) is 5.60 Å². The van der Waals surface area contributed by atoms with Gasteiger partial charge in [-0.25, -0.2) is 0 Å². The number of rotatable bonds is 1. The van der Waals surface area contributed by atoms with E-state index in [0.29, 0.717) is 0 Å². The molecule has 2 atom stereocenters. The lowest BCUT2D eigenvalue weighted by molar-refractivity contribution is 0.182. The fraction of sp³-hybridized carbons (Fsp3) is 1.00. The monoisotopic (exact) mass is 144 g/mol. The van der Waals surface area contributed by atoms with E-state index in [2.05, 4.69) is 20.8 Å². The fourth-order valence-electron chi connectivity index (χ4n) is 1.45. The Balaban J connectivity index is 2.52. The molecule has 10 heavy (non-hydrogen) atoms. The number of hydrogen-bond donors (Lipinski definition) is 1. The van der Waals surface area contributed by atoms with E-state index in [4.69, 9.17) is 9.84 Å². The molecule has 60 valence electrons. The molecule has 0 amide bonds. The summed E-state index contributed by atoms with van der Waals surface area (Å²) in [5.74, 6) is 0. The maximum Gasteiger partial charge on any atom is 0.115 e. The fourth-order valence-corrected chi connectivity index (χ4v) is 1.45. The Morgan fingerprint density at radius 3 is 2.10 bits per heavy atom. The van der Waals surface area contributed by atoms with Crippen LogP contribution in [0.5, 0.6) is 0 Å². The quantitative estimate of drug-likeness (QED) is 0.560. The summed E-state index contributed by atoms with van der Waals surface area (Å²) in [7, 11) is 0. The van der Waals surface area contributed by atoms with Gasteiger partial charge in [-0.3, -0.25) is 0 Å². The highest BCUT2D eigenvalue weighted by molar-refractivity contribution is 5.04. The number of aliphatic hydroxyl groups is 1. The number of epoxide rings is 1. The normalized spacial score (nSPS) is 39.9. The Morgan fingerprint density at radius 1 is 1.50 bits per heavy atom. The van der Waals surface area contributed by atoms with Crippen molar-refractivity contribution in [3.8, 4) is 0 Å². The van der Waals surface area contributed by atoms with Gasteiger partial charge in [-0.15, -0.1) is 0 Å². The van der Waals surface area contributed by atoms with Crippen LogP contribution in [0.1, 0.15) is 27.7 Å². The van der Waals surface area contributed by atoms with Crippen LogP contribution in [-0.4, -0.2) is 23.4 Å². The standard InChI is InChI=1S/C8H16O2/c1-7(2,3)6-8(4,5-9)10-6/h6,9H,5H2,1-4H3/t6-,8+/m1/s1. The van der Waals surface area contributed by atoms with Crippen molar-refractivity contribution < 1.29 is 9.84 Å². The molecule has 0 aromatic rings. The maximum absolute atomic E-state index is 8.87. The minimum atomic E-state index is -0.252. The number of ether oxygens (including phenoxy) is 1. The average Bonchev–Trinajstić information content (AvgIpc) is 2.43. The maximum atomic E-state index is 8.87. The van der Waals surface area contributed by atoms with Gasteiger partial charge in [-0.1, -0.05) is 20.8 Å². The van der Waals surface area contributed by atoms with Crippen LogP contribution in [0.4, 0.5) is 0 Å². The smallest absolute Gasteiger partial charge is 0.115 e. The van der Waals surface area contributed by atoms with E-state index in [1.807, 2.05) is 6.92 Å². The number of hydrogen-bond acceptors (Lipinski definition) is 2. The van der Waals surface area contributed by atoms with E-state index in [-0.39, 0.29) is 23.7 Å². The molecule has 0 aliphatic carbocycles. The van der Waals surface area contributed by atoms with Crippen LogP contribution < -0.4 is 0 Å². The zero-order chi connectivity index (χ0) is 7.99. The van der Waals surface area contributed by atoms with E-state index in [1.165, 1.54) is 0 Å². The first-order chi connectivity index (χ1) is 4.40. The summed E-state index contributed by atoms with van der Waals surface area (Å²) in [5.41, 5.74) is -0.0876. The van der Waals surface area contributed by atoms with Crippen molar-refractivity contribution in [3.63, 3.8) is 0 Å². The molecular weight excluding hydrogens is 128 g/mol. The topological polar surface area (TPSA) is 32.8 Å². The molecule has 0 bridgehead atoms. The first-order valence-electron chi connectivity index (χ1n) is 3.69. The van der Waals surface area contributed by atoms with Crippen molar-refractivity contribution in [1.82, 2.24) is 0 Å². The highest BCUT2D eigenvalue weighted by Crippen LogP contribution is 2.46. The van der Waals surface area contributed by atoms with Crippen LogP contribution in [0.3, 0.4) is 0 Å². The van der Waals surface area contributed by atoms with Gasteiger partial charge in [0.15, 0.2) is 0 Å². The Hall–Kier alpha value is -0.0800. The molecule has 0 aromatic heterocycles. The summed E-state index contributed by atoms with van der Waals surface area (Å²) in [6.07, 6.45) is 0.227. The Labute approximate surface area is 62.2 Å². The van der Waals surface area contributed by atoms with Gasteiger partial charge in [0.2, 0.25) is 0 Å². The molecule has 1 fully saturated rings. The molecule has 1 N–H and O–H groups in total. The summed E-state index contributed by atoms with van der Waals surface area (Å²) in [5, 5.41) is 8.87. The van der Waals surface area contributed by atoms with E-state index in [9.17, 15) is 0 Å². The molecule has 0 saturated carbocycles. The third kappa shape index (κ3) is 1.18. The molecule has 1 rings (SSSR count). The summed E-state index contributed by atoms with van der Waals surface area (Å²) in [4.78, 5) is 0. The van der Waals surface area contributed by atoms with Crippen molar-refractivity contribution in [2.45, 2.75) is 39.4 Å². The predicted octanol–water partition coefficient (Wildman–Crippen LogP) is 1.18. The molecule has 1 aliphatic heterocycles. The molecule has 2 nitrogen and oxygen atoms in total. The van der Waals surface area contributed by atoms with Crippen molar-refractivity contribution in [2.24, 2.45) is 5.41 Å². The molecule has 1 saturated heterocycles. The van der Waals surface area contributed by atoms with Gasteiger partial charge in [0, 0.05) is 0 Å². The van der Waals surface area contributed by atoms with Crippen molar-refractivity contribution in [2.75, 3.05) is 6.61 Å². The summed E-state index contributed by atoms with van der Waals surface area (Å²) in [6, 6.07) is 0. The molecule has 0 unspecified atom stereocenters. The van der Waals surface area contributed by atoms with E-state index < -0.39 is 0 Å². The lowest BCUT2D eigenvalue weighted by atomic mass is 9.86. The second-order valence-electron chi connectivity index (χ2n) is 4.33. The van der Waals surface area contributed by atoms with Crippen LogP contribution in [0.25, 0.3) is 0 Å². The average molecular weight is 144 g/mol. The molecule has 2 heteroatoms. The Kier molecular flexibility index (Phi) is 1.57. The predicted molar refractivity (Wildman–Crippen MR) is 39.8 cm³/mol. The SMILES string of the molecule is CC(C)(C)[C@H]1O[C@@]1(C)CO. The van der Waals surface area contributed by atoms with Crippen molar-refractivity contribution >= 4 is 0 Å². The van der Waals surface area contributed by atoms with Gasteiger partial charge in [0.25, 0.3) is 0 Å². The lowest BCUT2D eigenvalue weighted by Crippen LogP contribution is -2.24. The largest absolute Gasteiger partial charge is 0.393 e. The number of aliphatic hydroxyl groups excluding tert-OH is 1. The highest BCUT2D eigenvalue weighted by Gasteiger charge is 2.57. The van der Waals surface area contributed by atoms with Crippen LogP contribution in [0, 0.1) is 5.41 Å². The summed E-state index contributed by atoms with van der Waals surface area (Å²) >= 11 is 0. The summed E-state index contributed by atoms with van der Waals surface area (Å²) in [6.45, 7) is 8.45. The van der Waals surface area contributed by atoms with Crippen LogP contribution in [-0.2, 0) is 4.74 Å². The van der Waals surface area contributed by atoms with Crippen LogP contribution >= 0.6 is 0 Å². The van der Waals surface area contributed by atoms with Crippen molar-refractivity contribution in [3.05, 3.63) is 0 Å². The minimum Gasteiger partial charge on any atom is -0.393 e. The lowest BCUT2D eigenvalue weighted by Gasteiger charge is -2.16. The molecule has 1 aliphatic rings. The molecule has 0 spiro atoms. The van der Waals surface area contributed by atoms with Crippen molar-refractivity contribution in [1.29, 1.82) is 0 Å². The van der Waals surface area contributed by atoms with E-state index in [1.54, 1.807) is 0 Å². The zero-order valence-electron chi connectivity index (χ0n) is 7.14. The third-order valence-electron chi connectivity index (χ3n) is 1.98. The Morgan fingerprint density at radius 2 is 2.00 bits per heavy atom. The first-order valence-corrected chi connectivity index (χ1v) is 3.69. The van der Waals surface area contributed by atoms with Crippen LogP contribution in [0.15, 0.2) is 0 Å². The zero-order valence-corrected chi connectivity index (χ0v) is 7.14. The van der Waals surface area contributed by atoms with Gasteiger partial charge in [0.05, 0.1) is 12.7 Å². The van der Waals surface area contributed by atoms with Gasteiger partial charge in [-0.05, 0) is 12.3 Å². The van der Waals surface area contributed by atoms with E-state index >= 15 is 0 Å². The molecular formula is C8H16O2. The van der Waals surface area contributed by atoms with E-state index in [0.717, 1.165) is 0 Å². The van der Waals surface area contributed by atoms with Gasteiger partial charge >= 0.3 is 0 Å². The highest BCUT2D eigenvalue weighted by atomic mass is 16.6. The third-order valence-corrected chi connectivity index (χ3v) is 1.98. The second kappa shape index (κ2) is 1.95. The summed E-state index contributed by atoms with van der Waals surface area (Å²) < 4.78 is 5.37.